The first kappa shape index (κ1) is 26.8. The molecule has 194 valence electrons. The fraction of sp³-hybridized carbons (Fsp3) is 0.370. The van der Waals surface area contributed by atoms with Crippen molar-refractivity contribution in [1.82, 2.24) is 19.7 Å². The van der Waals surface area contributed by atoms with Gasteiger partial charge >= 0.3 is 5.97 Å². The number of thiophene rings is 1. The van der Waals surface area contributed by atoms with Crippen LogP contribution in [0, 0.1) is 13.8 Å². The average molecular weight is 538 g/mol. The van der Waals surface area contributed by atoms with Gasteiger partial charge in [-0.25, -0.2) is 9.78 Å². The van der Waals surface area contributed by atoms with Gasteiger partial charge in [-0.15, -0.1) is 21.5 Å². The van der Waals surface area contributed by atoms with Crippen LogP contribution >= 0.6 is 23.1 Å². The van der Waals surface area contributed by atoms with Crippen LogP contribution in [0.1, 0.15) is 54.2 Å². The maximum Gasteiger partial charge on any atom is 0.350 e. The number of ether oxygens (including phenoxy) is 1. The highest BCUT2D eigenvalue weighted by Gasteiger charge is 2.24. The summed E-state index contributed by atoms with van der Waals surface area (Å²) < 4.78 is 7.11. The molecule has 10 heteroatoms. The molecule has 0 spiro atoms. The third-order valence-corrected chi connectivity index (χ3v) is 7.97. The highest BCUT2D eigenvalue weighted by atomic mass is 32.2. The number of carbonyl (C=O) groups is 2. The number of aryl methyl sites for hydroxylation is 2. The zero-order valence-corrected chi connectivity index (χ0v) is 23.8. The van der Waals surface area contributed by atoms with E-state index in [0.717, 1.165) is 28.0 Å². The van der Waals surface area contributed by atoms with E-state index in [1.165, 1.54) is 28.7 Å². The van der Waals surface area contributed by atoms with Gasteiger partial charge in [0.1, 0.15) is 9.71 Å². The van der Waals surface area contributed by atoms with Crippen molar-refractivity contribution >= 4 is 50.9 Å². The fourth-order valence-corrected chi connectivity index (χ4v) is 5.87. The van der Waals surface area contributed by atoms with Crippen LogP contribution in [0.4, 0.5) is 5.69 Å². The Labute approximate surface area is 224 Å². The highest BCUT2D eigenvalue weighted by molar-refractivity contribution is 7.99. The van der Waals surface area contributed by atoms with Crippen molar-refractivity contribution in [3.8, 4) is 11.4 Å². The number of pyridine rings is 1. The van der Waals surface area contributed by atoms with E-state index in [0.29, 0.717) is 20.6 Å². The predicted molar refractivity (Wildman–Crippen MR) is 150 cm³/mol. The molecule has 0 bridgehead atoms. The number of fused-ring (bicyclic) bond motifs is 1. The second-order valence-electron chi connectivity index (χ2n) is 9.82. The van der Waals surface area contributed by atoms with E-state index in [1.807, 2.05) is 43.7 Å². The van der Waals surface area contributed by atoms with E-state index in [-0.39, 0.29) is 23.7 Å². The summed E-state index contributed by atoms with van der Waals surface area (Å²) in [6.45, 7) is 12.4. The molecule has 0 saturated heterocycles. The van der Waals surface area contributed by atoms with E-state index in [2.05, 4.69) is 53.4 Å². The minimum absolute atomic E-state index is 0.0706. The second kappa shape index (κ2) is 10.6. The van der Waals surface area contributed by atoms with E-state index in [4.69, 9.17) is 4.74 Å². The largest absolute Gasteiger partial charge is 0.462 e. The summed E-state index contributed by atoms with van der Waals surface area (Å²) in [4.78, 5) is 31.2. The third kappa shape index (κ3) is 5.70. The van der Waals surface area contributed by atoms with E-state index >= 15 is 0 Å². The molecule has 4 rings (SSSR count). The van der Waals surface area contributed by atoms with Crippen LogP contribution in [0.2, 0.25) is 0 Å². The quantitative estimate of drug-likeness (QED) is 0.231. The lowest BCUT2D eigenvalue weighted by Crippen LogP contribution is -2.17. The molecule has 1 N–H and O–H groups in total. The van der Waals surface area contributed by atoms with Crippen LogP contribution in [0.25, 0.3) is 21.6 Å². The Morgan fingerprint density at radius 1 is 1.14 bits per heavy atom. The highest BCUT2D eigenvalue weighted by Crippen LogP contribution is 2.38. The Morgan fingerprint density at radius 2 is 1.84 bits per heavy atom. The number of benzene rings is 1. The van der Waals surface area contributed by atoms with Crippen LogP contribution < -0.4 is 5.32 Å². The monoisotopic (exact) mass is 537 g/mol. The lowest BCUT2D eigenvalue weighted by Gasteiger charge is -2.19. The summed E-state index contributed by atoms with van der Waals surface area (Å²) >= 11 is 2.51. The topological polar surface area (TPSA) is 99.0 Å². The third-order valence-electron chi connectivity index (χ3n) is 5.89. The lowest BCUT2D eigenvalue weighted by molar-refractivity contribution is -0.113. The lowest BCUT2D eigenvalue weighted by atomic mass is 9.87. The van der Waals surface area contributed by atoms with Gasteiger partial charge in [-0.1, -0.05) is 56.8 Å². The van der Waals surface area contributed by atoms with Crippen LogP contribution in [0.15, 0.2) is 35.5 Å². The Hall–Kier alpha value is -3.24. The van der Waals surface area contributed by atoms with Crippen molar-refractivity contribution in [3.63, 3.8) is 0 Å². The van der Waals surface area contributed by atoms with Gasteiger partial charge in [0.2, 0.25) is 5.91 Å². The fourth-order valence-electron chi connectivity index (χ4n) is 4.02. The molecule has 0 aliphatic carbocycles. The molecule has 8 nitrogen and oxygen atoms in total. The molecule has 3 aromatic heterocycles. The first-order valence-corrected chi connectivity index (χ1v) is 13.8. The van der Waals surface area contributed by atoms with Gasteiger partial charge in [0.15, 0.2) is 11.0 Å². The number of amides is 1. The molecule has 0 aliphatic heterocycles. The van der Waals surface area contributed by atoms with Gasteiger partial charge < -0.3 is 14.6 Å². The Balaban J connectivity index is 1.52. The molecule has 3 heterocycles. The molecule has 0 saturated carbocycles. The van der Waals surface area contributed by atoms with Crippen molar-refractivity contribution in [2.75, 3.05) is 17.7 Å². The van der Waals surface area contributed by atoms with Gasteiger partial charge in [-0.3, -0.25) is 4.79 Å². The van der Waals surface area contributed by atoms with Crippen LogP contribution in [-0.2, 0) is 22.0 Å². The number of hydrogen-bond donors (Lipinski definition) is 1. The molecule has 0 radical (unpaired) electrons. The van der Waals surface area contributed by atoms with Crippen LogP contribution in [-0.4, -0.2) is 44.0 Å². The number of nitrogens with one attached hydrogen (secondary N) is 1. The Morgan fingerprint density at radius 3 is 2.49 bits per heavy atom. The van der Waals surface area contributed by atoms with Crippen LogP contribution in [0.3, 0.4) is 0 Å². The van der Waals surface area contributed by atoms with Gasteiger partial charge in [0, 0.05) is 23.7 Å². The number of nitrogens with zero attached hydrogens (tertiary/aromatic N) is 4. The number of carbonyl (C=O) groups excluding carboxylic acids is 2. The molecule has 4 aromatic rings. The maximum absolute atomic E-state index is 13.0. The van der Waals surface area contributed by atoms with Crippen molar-refractivity contribution in [2.45, 2.75) is 52.1 Å². The molecule has 0 unspecified atom stereocenters. The summed E-state index contributed by atoms with van der Waals surface area (Å²) in [5.41, 5.74) is 4.51. The normalized spacial score (nSPS) is 11.6. The number of rotatable bonds is 7. The van der Waals surface area contributed by atoms with Crippen molar-refractivity contribution < 1.29 is 14.3 Å². The molecule has 1 aromatic carbocycles. The molecular formula is C27H31N5O3S2. The number of aromatic nitrogens is 4. The second-order valence-corrected chi connectivity index (χ2v) is 11.8. The maximum atomic E-state index is 13.0. The van der Waals surface area contributed by atoms with Crippen LogP contribution in [0.5, 0.6) is 0 Å². The Bertz CT molecular complexity index is 1470. The summed E-state index contributed by atoms with van der Waals surface area (Å²) in [6.07, 6.45) is 0. The molecule has 1 amide bonds. The zero-order chi connectivity index (χ0) is 26.9. The van der Waals surface area contributed by atoms with E-state index < -0.39 is 5.97 Å². The van der Waals surface area contributed by atoms with Gasteiger partial charge in [0.25, 0.3) is 0 Å². The predicted octanol–water partition coefficient (Wildman–Crippen LogP) is 5.91. The van der Waals surface area contributed by atoms with Gasteiger partial charge in [-0.2, -0.15) is 0 Å². The van der Waals surface area contributed by atoms with E-state index in [1.54, 1.807) is 6.92 Å². The number of hydrogen-bond acceptors (Lipinski definition) is 8. The van der Waals surface area contributed by atoms with Gasteiger partial charge in [-0.05, 0) is 43.4 Å². The number of anilines is 1. The minimum atomic E-state index is -0.471. The van der Waals surface area contributed by atoms with Gasteiger partial charge in [0.05, 0.1) is 18.0 Å². The standard InChI is InChI=1S/C27H31N5O3S2/c1-8-35-25(34)22-21(20-15(2)13-16(3)28-24(20)37-22)29-19(33)14-36-26-31-30-23(32(26)7)17-9-11-18(12-10-17)27(4,5)6/h9-13H,8,14H2,1-7H3,(H,29,33). The molecule has 0 fully saturated rings. The summed E-state index contributed by atoms with van der Waals surface area (Å²) in [5.74, 6) is 0.108. The molecule has 0 aliphatic rings. The first-order valence-electron chi connectivity index (χ1n) is 12.0. The number of esters is 1. The SMILES string of the molecule is CCOC(=O)c1sc2nc(C)cc(C)c2c1NC(=O)CSc1nnc(-c2ccc(C(C)(C)C)cc2)n1C. The zero-order valence-electron chi connectivity index (χ0n) is 22.1. The number of thioether (sulfide) groups is 1. The molecule has 0 atom stereocenters. The van der Waals surface area contributed by atoms with E-state index in [9.17, 15) is 9.59 Å². The molecular weight excluding hydrogens is 506 g/mol. The first-order chi connectivity index (χ1) is 17.5. The summed E-state index contributed by atoms with van der Waals surface area (Å²) in [6, 6.07) is 10.2. The Kier molecular flexibility index (Phi) is 7.70. The smallest absolute Gasteiger partial charge is 0.350 e. The molecule has 37 heavy (non-hydrogen) atoms. The average Bonchev–Trinajstić information content (AvgIpc) is 3.37. The van der Waals surface area contributed by atoms with Crippen molar-refractivity contribution in [1.29, 1.82) is 0 Å². The summed E-state index contributed by atoms with van der Waals surface area (Å²) in [5, 5.41) is 13.0. The summed E-state index contributed by atoms with van der Waals surface area (Å²) in [7, 11) is 1.88. The minimum Gasteiger partial charge on any atom is -0.462 e. The van der Waals surface area contributed by atoms with Crippen molar-refractivity contribution in [2.24, 2.45) is 7.05 Å². The van der Waals surface area contributed by atoms with Crippen molar-refractivity contribution in [3.05, 3.63) is 52.0 Å².